The fraction of sp³-hybridized carbons (Fsp3) is 0.348. The number of aromatic nitrogens is 2. The van der Waals surface area contributed by atoms with Gasteiger partial charge in [0.15, 0.2) is 5.16 Å². The van der Waals surface area contributed by atoms with Crippen molar-refractivity contribution in [1.82, 2.24) is 9.55 Å². The molecule has 0 bridgehead atoms. The molecule has 1 atom stereocenters. The van der Waals surface area contributed by atoms with Gasteiger partial charge in [0.05, 0.1) is 16.2 Å². The van der Waals surface area contributed by atoms with Gasteiger partial charge in [-0.1, -0.05) is 55.4 Å². The molecule has 0 radical (unpaired) electrons. The summed E-state index contributed by atoms with van der Waals surface area (Å²) in [6.45, 7) is 7.13. The summed E-state index contributed by atoms with van der Waals surface area (Å²) in [7, 11) is 0. The molecule has 3 rings (SSSR count). The van der Waals surface area contributed by atoms with Crippen LogP contribution in [0.15, 0.2) is 64.5 Å². The second kappa shape index (κ2) is 9.74. The topological polar surface area (TPSA) is 55.2 Å². The summed E-state index contributed by atoms with van der Waals surface area (Å²) in [5.74, 6) is 0.00755. The van der Waals surface area contributed by atoms with Gasteiger partial charge >= 0.3 is 0 Å². The summed E-state index contributed by atoms with van der Waals surface area (Å²) in [5, 5.41) is 0.856. The molecular formula is C23H27N3O2S. The molecule has 0 fully saturated rings. The van der Waals surface area contributed by atoms with Gasteiger partial charge in [0.2, 0.25) is 5.91 Å². The van der Waals surface area contributed by atoms with Crippen molar-refractivity contribution in [3.8, 4) is 0 Å². The van der Waals surface area contributed by atoms with E-state index in [4.69, 9.17) is 4.98 Å². The molecule has 152 valence electrons. The lowest BCUT2D eigenvalue weighted by molar-refractivity contribution is -0.117. The highest BCUT2D eigenvalue weighted by atomic mass is 32.2. The first-order valence-corrected chi connectivity index (χ1v) is 11.0. The molecule has 1 heterocycles. The van der Waals surface area contributed by atoms with Crippen molar-refractivity contribution in [1.29, 1.82) is 0 Å². The van der Waals surface area contributed by atoms with E-state index in [0.717, 1.165) is 18.5 Å². The number of carbonyl (C=O) groups excluding carboxylic acids is 1. The Balaban J connectivity index is 1.93. The quantitative estimate of drug-likeness (QED) is 0.399. The molecule has 0 N–H and O–H groups in total. The van der Waals surface area contributed by atoms with Gasteiger partial charge in [0.25, 0.3) is 5.56 Å². The van der Waals surface area contributed by atoms with Crippen LogP contribution in [0.25, 0.3) is 10.9 Å². The first-order valence-electron chi connectivity index (χ1n) is 10.1. The first-order chi connectivity index (χ1) is 14.1. The number of para-hydroxylation sites is 2. The van der Waals surface area contributed by atoms with Crippen molar-refractivity contribution < 1.29 is 4.79 Å². The molecule has 0 saturated carbocycles. The van der Waals surface area contributed by atoms with Gasteiger partial charge in [-0.3, -0.25) is 14.2 Å². The molecular weight excluding hydrogens is 382 g/mol. The molecule has 0 saturated heterocycles. The van der Waals surface area contributed by atoms with E-state index in [9.17, 15) is 9.59 Å². The van der Waals surface area contributed by atoms with Gasteiger partial charge in [-0.2, -0.15) is 0 Å². The summed E-state index contributed by atoms with van der Waals surface area (Å²) in [5.41, 5.74) is 1.51. The predicted molar refractivity (Wildman–Crippen MR) is 121 cm³/mol. The smallest absolute Gasteiger partial charge is 0.262 e. The number of fused-ring (bicyclic) bond motifs is 1. The van der Waals surface area contributed by atoms with Crippen molar-refractivity contribution in [2.24, 2.45) is 0 Å². The van der Waals surface area contributed by atoms with Crippen molar-refractivity contribution in [3.05, 3.63) is 65.0 Å². The Kier molecular flexibility index (Phi) is 7.09. The van der Waals surface area contributed by atoms with Crippen LogP contribution in [0, 0.1) is 0 Å². The monoisotopic (exact) mass is 409 g/mol. The van der Waals surface area contributed by atoms with Gasteiger partial charge < -0.3 is 4.90 Å². The Hall–Kier alpha value is -2.60. The summed E-state index contributed by atoms with van der Waals surface area (Å²) in [6.07, 6.45) is 1.87. The average molecular weight is 410 g/mol. The molecule has 1 unspecified atom stereocenters. The van der Waals surface area contributed by atoms with E-state index in [-0.39, 0.29) is 16.7 Å². The normalized spacial score (nSPS) is 12.1. The minimum Gasteiger partial charge on any atom is -0.312 e. The van der Waals surface area contributed by atoms with Crippen molar-refractivity contribution in [2.45, 2.75) is 50.6 Å². The van der Waals surface area contributed by atoms with E-state index in [1.165, 1.54) is 11.8 Å². The molecule has 0 aliphatic rings. The third-order valence-corrected chi connectivity index (χ3v) is 5.92. The minimum atomic E-state index is -0.365. The number of rotatable bonds is 8. The van der Waals surface area contributed by atoms with Crippen molar-refractivity contribution in [3.63, 3.8) is 0 Å². The van der Waals surface area contributed by atoms with Crippen LogP contribution < -0.4 is 10.5 Å². The van der Waals surface area contributed by atoms with Crippen LogP contribution in [0.2, 0.25) is 0 Å². The van der Waals surface area contributed by atoms with Crippen LogP contribution in [0.1, 0.15) is 33.6 Å². The number of carbonyl (C=O) groups is 1. The summed E-state index contributed by atoms with van der Waals surface area (Å²) >= 11 is 1.36. The van der Waals surface area contributed by atoms with Crippen LogP contribution in [0.4, 0.5) is 5.69 Å². The Bertz CT molecular complexity index is 1030. The maximum Gasteiger partial charge on any atom is 0.262 e. The molecule has 5 nitrogen and oxygen atoms in total. The standard InChI is InChI=1S/C23H27N3O2S/c1-4-6-16-26-22(28)19-14-10-11-15-20(19)24-23(26)29-17(3)21(27)25(5-2)18-12-8-7-9-13-18/h7-15,17H,4-6,16H2,1-3H3. The lowest BCUT2D eigenvalue weighted by Crippen LogP contribution is -2.37. The van der Waals surface area contributed by atoms with Gasteiger partial charge in [-0.05, 0) is 44.5 Å². The third-order valence-electron chi connectivity index (χ3n) is 4.84. The predicted octanol–water partition coefficient (Wildman–Crippen LogP) is 4.73. The maximum absolute atomic E-state index is 13.1. The van der Waals surface area contributed by atoms with Gasteiger partial charge in [0.1, 0.15) is 0 Å². The number of hydrogen-bond donors (Lipinski definition) is 0. The van der Waals surface area contributed by atoms with E-state index in [1.807, 2.05) is 68.4 Å². The molecule has 1 amide bonds. The molecule has 0 spiro atoms. The summed E-state index contributed by atoms with van der Waals surface area (Å²) < 4.78 is 1.72. The molecule has 0 aliphatic heterocycles. The lowest BCUT2D eigenvalue weighted by Gasteiger charge is -2.24. The second-order valence-electron chi connectivity index (χ2n) is 6.90. The van der Waals surface area contributed by atoms with Crippen molar-refractivity contribution >= 4 is 34.3 Å². The fourth-order valence-corrected chi connectivity index (χ4v) is 4.25. The minimum absolute atomic E-state index is 0.00755. The van der Waals surface area contributed by atoms with E-state index < -0.39 is 0 Å². The van der Waals surface area contributed by atoms with Crippen LogP contribution in [0.3, 0.4) is 0 Å². The number of nitrogens with zero attached hydrogens (tertiary/aromatic N) is 3. The largest absolute Gasteiger partial charge is 0.312 e. The number of anilines is 1. The summed E-state index contributed by atoms with van der Waals surface area (Å²) in [6, 6.07) is 17.0. The third kappa shape index (κ3) is 4.70. The highest BCUT2D eigenvalue weighted by molar-refractivity contribution is 8.00. The molecule has 0 aliphatic carbocycles. The van der Waals surface area contributed by atoms with E-state index in [0.29, 0.717) is 29.1 Å². The van der Waals surface area contributed by atoms with Gasteiger partial charge in [-0.15, -0.1) is 0 Å². The van der Waals surface area contributed by atoms with Gasteiger partial charge in [0, 0.05) is 18.8 Å². The first kappa shape index (κ1) is 21.1. The fourth-order valence-electron chi connectivity index (χ4n) is 3.25. The molecule has 3 aromatic rings. The highest BCUT2D eigenvalue weighted by Gasteiger charge is 2.24. The Morgan fingerprint density at radius 1 is 1.10 bits per heavy atom. The zero-order valence-electron chi connectivity index (χ0n) is 17.2. The number of amides is 1. The van der Waals surface area contributed by atoms with E-state index in [1.54, 1.807) is 9.47 Å². The molecule has 2 aromatic carbocycles. The average Bonchev–Trinajstić information content (AvgIpc) is 2.75. The Morgan fingerprint density at radius 3 is 2.48 bits per heavy atom. The van der Waals surface area contributed by atoms with Crippen LogP contribution in [-0.2, 0) is 11.3 Å². The van der Waals surface area contributed by atoms with Crippen LogP contribution in [0.5, 0.6) is 0 Å². The Labute approximate surface area is 175 Å². The lowest BCUT2D eigenvalue weighted by atomic mass is 10.2. The molecule has 1 aromatic heterocycles. The number of hydrogen-bond acceptors (Lipinski definition) is 4. The second-order valence-corrected chi connectivity index (χ2v) is 8.21. The number of thioether (sulfide) groups is 1. The van der Waals surface area contributed by atoms with E-state index >= 15 is 0 Å². The van der Waals surface area contributed by atoms with Crippen molar-refractivity contribution in [2.75, 3.05) is 11.4 Å². The number of benzene rings is 2. The summed E-state index contributed by atoms with van der Waals surface area (Å²) in [4.78, 5) is 32.7. The zero-order chi connectivity index (χ0) is 20.8. The van der Waals surface area contributed by atoms with Crippen LogP contribution in [-0.4, -0.2) is 27.3 Å². The number of unbranched alkanes of at least 4 members (excludes halogenated alkanes) is 1. The SMILES string of the molecule is CCCCn1c(SC(C)C(=O)N(CC)c2ccccc2)nc2ccccc2c1=O. The molecule has 6 heteroatoms. The highest BCUT2D eigenvalue weighted by Crippen LogP contribution is 2.26. The van der Waals surface area contributed by atoms with E-state index in [2.05, 4.69) is 6.92 Å². The maximum atomic E-state index is 13.1. The Morgan fingerprint density at radius 2 is 1.79 bits per heavy atom. The van der Waals surface area contributed by atoms with Crippen LogP contribution >= 0.6 is 11.8 Å². The molecule has 29 heavy (non-hydrogen) atoms. The van der Waals surface area contributed by atoms with Gasteiger partial charge in [-0.25, -0.2) is 4.98 Å². The zero-order valence-corrected chi connectivity index (χ0v) is 18.0.